The van der Waals surface area contributed by atoms with Gasteiger partial charge in [0.2, 0.25) is 5.91 Å². The molecule has 1 aromatic heterocycles. The van der Waals surface area contributed by atoms with Gasteiger partial charge in [-0.05, 0) is 59.7 Å². The number of piperidine rings is 1. The summed E-state index contributed by atoms with van der Waals surface area (Å²) in [6, 6.07) is 8.39. The first-order valence-corrected chi connectivity index (χ1v) is 13.8. The van der Waals surface area contributed by atoms with Crippen molar-refractivity contribution in [2.24, 2.45) is 10.7 Å². The van der Waals surface area contributed by atoms with Crippen molar-refractivity contribution in [2.75, 3.05) is 26.7 Å². The first-order chi connectivity index (χ1) is 19.4. The number of carbonyl (C=O) groups is 2. The first kappa shape index (κ1) is 29.1. The molecule has 0 unspecified atom stereocenters. The van der Waals surface area contributed by atoms with Crippen LogP contribution in [-0.2, 0) is 22.3 Å². The fraction of sp³-hybridized carbons (Fsp3) is 0.333. The van der Waals surface area contributed by atoms with Crippen LogP contribution in [0.1, 0.15) is 23.1 Å². The van der Waals surface area contributed by atoms with Crippen LogP contribution in [0.25, 0.3) is 17.0 Å². The normalized spacial score (nSPS) is 21.1. The average Bonchev–Trinajstić information content (AvgIpc) is 3.46. The highest BCUT2D eigenvalue weighted by molar-refractivity contribution is 8.18. The number of amides is 2. The van der Waals surface area contributed by atoms with Crippen LogP contribution in [0.5, 0.6) is 0 Å². The number of amidine groups is 1. The fourth-order valence-corrected chi connectivity index (χ4v) is 6.14. The Labute approximate surface area is 241 Å². The van der Waals surface area contributed by atoms with E-state index in [9.17, 15) is 27.2 Å². The van der Waals surface area contributed by atoms with Gasteiger partial charge in [-0.2, -0.15) is 23.3 Å². The number of nitrogens with zero attached hydrogens (tertiary/aromatic N) is 5. The molecule has 2 aliphatic rings. The minimum Gasteiger partial charge on any atom is -0.369 e. The standard InChI is InChI=1S/C27H25ClF4N6O2S/c1-36(22-6-7-37(13-20(22)29)14-24(33)39)26-35-25(40)23(41-26)9-15-2-5-21-17(8-15)11-34-38(21)12-16-3-4-18(28)10-19(16)27(30,31)32/h2-5,8-11,20,22H,6-7,12-14H2,1H3,(H2,33,39)/b23-9-/t20-,22+/m1/s1. The van der Waals surface area contributed by atoms with E-state index in [1.807, 2.05) is 0 Å². The summed E-state index contributed by atoms with van der Waals surface area (Å²) in [4.78, 5) is 31.6. The van der Waals surface area contributed by atoms with Gasteiger partial charge in [0.15, 0.2) is 5.17 Å². The number of nitrogens with two attached hydrogens (primary N) is 1. The van der Waals surface area contributed by atoms with Crippen molar-refractivity contribution in [3.8, 4) is 0 Å². The van der Waals surface area contributed by atoms with Crippen LogP contribution in [0.2, 0.25) is 5.02 Å². The van der Waals surface area contributed by atoms with Gasteiger partial charge in [0.1, 0.15) is 6.17 Å². The van der Waals surface area contributed by atoms with Crippen molar-refractivity contribution < 1.29 is 27.2 Å². The molecule has 14 heteroatoms. The Bertz CT molecular complexity index is 1570. The van der Waals surface area contributed by atoms with E-state index in [4.69, 9.17) is 17.3 Å². The summed E-state index contributed by atoms with van der Waals surface area (Å²) < 4.78 is 57.0. The number of aliphatic imine (C=N–C) groups is 1. The number of aromatic nitrogens is 2. The van der Waals surface area contributed by atoms with E-state index >= 15 is 0 Å². The molecule has 1 fully saturated rings. The Hall–Kier alpha value is -3.42. The number of primary amides is 1. The van der Waals surface area contributed by atoms with Gasteiger partial charge in [-0.25, -0.2) is 4.39 Å². The monoisotopic (exact) mass is 608 g/mol. The molecule has 0 bridgehead atoms. The second-order valence-electron chi connectivity index (χ2n) is 9.91. The number of thioether (sulfide) groups is 1. The van der Waals surface area contributed by atoms with Gasteiger partial charge < -0.3 is 10.6 Å². The molecule has 0 aliphatic carbocycles. The van der Waals surface area contributed by atoms with Crippen LogP contribution in [0, 0.1) is 0 Å². The van der Waals surface area contributed by atoms with Gasteiger partial charge in [-0.1, -0.05) is 23.7 Å². The van der Waals surface area contributed by atoms with Gasteiger partial charge in [0.05, 0.1) is 41.3 Å². The maximum absolute atomic E-state index is 14.9. The minimum atomic E-state index is -4.56. The van der Waals surface area contributed by atoms with Crippen molar-refractivity contribution in [3.05, 3.63) is 69.2 Å². The molecule has 0 radical (unpaired) electrons. The molecule has 5 rings (SSSR count). The molecule has 0 spiro atoms. The van der Waals surface area contributed by atoms with Crippen LogP contribution in [0.15, 0.2) is 52.5 Å². The predicted molar refractivity (Wildman–Crippen MR) is 150 cm³/mol. The molecule has 2 N–H and O–H groups in total. The molecule has 2 atom stereocenters. The Kier molecular flexibility index (Phi) is 8.13. The van der Waals surface area contributed by atoms with Crippen LogP contribution in [0.4, 0.5) is 17.6 Å². The molecule has 2 amide bonds. The number of alkyl halides is 4. The number of benzene rings is 2. The summed E-state index contributed by atoms with van der Waals surface area (Å²) in [5.74, 6) is -0.959. The lowest BCUT2D eigenvalue weighted by atomic mass is 10.0. The zero-order valence-electron chi connectivity index (χ0n) is 21.7. The molecule has 3 aromatic rings. The molecular formula is C27H25ClF4N6O2S. The maximum Gasteiger partial charge on any atom is 0.416 e. The Balaban J connectivity index is 1.29. The third-order valence-corrected chi connectivity index (χ3v) is 8.35. The number of rotatable bonds is 6. The third kappa shape index (κ3) is 6.41. The zero-order valence-corrected chi connectivity index (χ0v) is 23.3. The number of hydrogen-bond acceptors (Lipinski definition) is 6. The summed E-state index contributed by atoms with van der Waals surface area (Å²) in [5.41, 5.74) is 5.74. The lowest BCUT2D eigenvalue weighted by molar-refractivity contribution is -0.138. The second kappa shape index (κ2) is 11.5. The molecule has 2 aliphatic heterocycles. The van der Waals surface area contributed by atoms with Crippen molar-refractivity contribution in [3.63, 3.8) is 0 Å². The van der Waals surface area contributed by atoms with E-state index in [0.29, 0.717) is 39.5 Å². The van der Waals surface area contributed by atoms with E-state index < -0.39 is 35.8 Å². The van der Waals surface area contributed by atoms with Crippen molar-refractivity contribution in [2.45, 2.75) is 31.4 Å². The van der Waals surface area contributed by atoms with E-state index in [-0.39, 0.29) is 30.2 Å². The van der Waals surface area contributed by atoms with Crippen LogP contribution < -0.4 is 5.73 Å². The molecule has 1 saturated heterocycles. The van der Waals surface area contributed by atoms with Crippen LogP contribution >= 0.6 is 23.4 Å². The predicted octanol–water partition coefficient (Wildman–Crippen LogP) is 4.56. The Morgan fingerprint density at radius 3 is 2.76 bits per heavy atom. The van der Waals surface area contributed by atoms with Gasteiger partial charge >= 0.3 is 6.18 Å². The average molecular weight is 609 g/mol. The highest BCUT2D eigenvalue weighted by Crippen LogP contribution is 2.35. The Morgan fingerprint density at radius 2 is 2.05 bits per heavy atom. The van der Waals surface area contributed by atoms with Gasteiger partial charge in [0, 0.05) is 30.5 Å². The SMILES string of the molecule is CN(C1=NC(=O)/C(=C/c2ccc3c(cnn3Cc3ccc(Cl)cc3C(F)(F)F)c2)S1)[C@H]1CCN(CC(N)=O)C[C@H]1F. The molecule has 41 heavy (non-hydrogen) atoms. The molecule has 3 heterocycles. The number of fused-ring (bicyclic) bond motifs is 1. The molecule has 2 aromatic carbocycles. The lowest BCUT2D eigenvalue weighted by Gasteiger charge is -2.39. The van der Waals surface area contributed by atoms with Crippen LogP contribution in [0.3, 0.4) is 0 Å². The summed E-state index contributed by atoms with van der Waals surface area (Å²) in [6.45, 7) is 0.452. The van der Waals surface area contributed by atoms with Gasteiger partial charge in [-0.3, -0.25) is 19.2 Å². The number of likely N-dealkylation sites (tertiary alicyclic amines) is 1. The quantitative estimate of drug-likeness (QED) is 0.326. The Morgan fingerprint density at radius 1 is 1.27 bits per heavy atom. The highest BCUT2D eigenvalue weighted by atomic mass is 35.5. The van der Waals surface area contributed by atoms with E-state index in [1.165, 1.54) is 16.8 Å². The van der Waals surface area contributed by atoms with Crippen molar-refractivity contribution >= 4 is 57.3 Å². The molecule has 216 valence electrons. The summed E-state index contributed by atoms with van der Waals surface area (Å²) in [6.07, 6.45) is -2.16. The van der Waals surface area contributed by atoms with Crippen molar-refractivity contribution in [1.29, 1.82) is 0 Å². The number of hydrogen-bond donors (Lipinski definition) is 1. The summed E-state index contributed by atoms with van der Waals surface area (Å²) in [7, 11) is 1.69. The number of carbonyl (C=O) groups excluding carboxylic acids is 2. The minimum absolute atomic E-state index is 0.00293. The smallest absolute Gasteiger partial charge is 0.369 e. The lowest BCUT2D eigenvalue weighted by Crippen LogP contribution is -2.53. The summed E-state index contributed by atoms with van der Waals surface area (Å²) in [5, 5.41) is 5.33. The topological polar surface area (TPSA) is 96.8 Å². The third-order valence-electron chi connectivity index (χ3n) is 7.04. The first-order valence-electron chi connectivity index (χ1n) is 12.6. The molecular weight excluding hydrogens is 584 g/mol. The number of halogens is 5. The molecule has 8 nitrogen and oxygen atoms in total. The van der Waals surface area contributed by atoms with Crippen LogP contribution in [-0.4, -0.2) is 75.5 Å². The van der Waals surface area contributed by atoms with Gasteiger partial charge in [-0.15, -0.1) is 0 Å². The largest absolute Gasteiger partial charge is 0.416 e. The zero-order chi connectivity index (χ0) is 29.5. The second-order valence-corrected chi connectivity index (χ2v) is 11.4. The van der Waals surface area contributed by atoms with Crippen molar-refractivity contribution in [1.82, 2.24) is 19.6 Å². The van der Waals surface area contributed by atoms with Gasteiger partial charge in [0.25, 0.3) is 5.91 Å². The van der Waals surface area contributed by atoms with E-state index in [2.05, 4.69) is 10.1 Å². The fourth-order valence-electron chi connectivity index (χ4n) is 5.03. The molecule has 0 saturated carbocycles. The van der Waals surface area contributed by atoms with E-state index in [1.54, 1.807) is 47.3 Å². The maximum atomic E-state index is 14.9. The highest BCUT2D eigenvalue weighted by Gasteiger charge is 2.36. The van der Waals surface area contributed by atoms with E-state index in [0.717, 1.165) is 17.8 Å². The summed E-state index contributed by atoms with van der Waals surface area (Å²) >= 11 is 6.93.